The number of hydrogen-bond donors (Lipinski definition) is 0. The van der Waals surface area contributed by atoms with Gasteiger partial charge in [0.25, 0.3) is 0 Å². The van der Waals surface area contributed by atoms with Crippen molar-refractivity contribution in [2.45, 2.75) is 38.9 Å². The normalized spacial score (nSPS) is 14.7. The maximum atomic E-state index is 6.36. The average molecular weight is 676 g/mol. The van der Waals surface area contributed by atoms with E-state index in [-0.39, 0.29) is 0 Å². The predicted molar refractivity (Wildman–Crippen MR) is 219 cm³/mol. The molecule has 0 atom stereocenters. The van der Waals surface area contributed by atoms with E-state index in [4.69, 9.17) is 9.31 Å². The third-order valence-electron chi connectivity index (χ3n) is 10.6. The minimum absolute atomic E-state index is 0.393. The Balaban J connectivity index is 1.09. The van der Waals surface area contributed by atoms with Gasteiger partial charge in [-0.05, 0) is 114 Å². The second-order valence-electron chi connectivity index (χ2n) is 14.5. The largest absolute Gasteiger partial charge is 0.494 e. The first-order valence-corrected chi connectivity index (χ1v) is 18.0. The van der Waals surface area contributed by atoms with E-state index in [9.17, 15) is 0 Å². The zero-order valence-electron chi connectivity index (χ0n) is 30.2. The molecule has 0 radical (unpaired) electrons. The first-order chi connectivity index (χ1) is 25.2. The predicted octanol–water partition coefficient (Wildman–Crippen LogP) is 12.1. The fraction of sp³-hybridized carbons (Fsp3) is 0.125. The maximum Gasteiger partial charge on any atom is 0.494 e. The Morgan fingerprint density at radius 3 is 0.885 bits per heavy atom. The lowest BCUT2D eigenvalue weighted by atomic mass is 9.79. The van der Waals surface area contributed by atoms with Crippen LogP contribution < -0.4 is 10.4 Å². The first kappa shape index (κ1) is 33.5. The third kappa shape index (κ3) is 6.71. The Hall–Kier alpha value is -5.68. The SMILES string of the molecule is CC1(C)OB(c2ccc(N(c3ccc(-c4ccc(-c5ccccc5)cc4)cc3)c3ccc(-c4ccc(-c5ccccc5)cc4)cc3)cc2)OC1(C)C. The molecule has 0 bridgehead atoms. The van der Waals surface area contributed by atoms with Crippen LogP contribution in [0.1, 0.15) is 27.7 Å². The molecule has 7 aromatic rings. The second kappa shape index (κ2) is 13.8. The zero-order valence-corrected chi connectivity index (χ0v) is 30.2. The van der Waals surface area contributed by atoms with Crippen LogP contribution in [0.25, 0.3) is 44.5 Å². The highest BCUT2D eigenvalue weighted by atomic mass is 16.7. The molecule has 52 heavy (non-hydrogen) atoms. The standard InChI is InChI=1S/C48H42BNO2/c1-47(2)48(3,4)52-49(51-47)43-27-33-46(34-28-43)50(44-29-23-41(24-30-44)39-19-15-37(16-20-39)35-11-7-5-8-12-35)45-31-25-42(26-32-45)40-21-17-38(18-22-40)36-13-9-6-10-14-36/h5-34H,1-4H3. The number of hydrogen-bond acceptors (Lipinski definition) is 3. The quantitative estimate of drug-likeness (QED) is 0.150. The number of nitrogens with zero attached hydrogens (tertiary/aromatic N) is 1. The summed E-state index contributed by atoms with van der Waals surface area (Å²) < 4.78 is 12.7. The van der Waals surface area contributed by atoms with Crippen molar-refractivity contribution in [3.8, 4) is 44.5 Å². The molecule has 254 valence electrons. The van der Waals surface area contributed by atoms with E-state index in [1.165, 1.54) is 44.5 Å². The Kier molecular flexibility index (Phi) is 8.88. The smallest absolute Gasteiger partial charge is 0.399 e. The van der Waals surface area contributed by atoms with Crippen LogP contribution in [0, 0.1) is 0 Å². The topological polar surface area (TPSA) is 21.7 Å². The summed E-state index contributed by atoms with van der Waals surface area (Å²) in [6.07, 6.45) is 0. The highest BCUT2D eigenvalue weighted by Crippen LogP contribution is 2.39. The van der Waals surface area contributed by atoms with Crippen LogP contribution in [0.5, 0.6) is 0 Å². The van der Waals surface area contributed by atoms with Crippen LogP contribution in [0.15, 0.2) is 182 Å². The van der Waals surface area contributed by atoms with Crippen molar-refractivity contribution in [3.63, 3.8) is 0 Å². The van der Waals surface area contributed by atoms with Gasteiger partial charge in [0.2, 0.25) is 0 Å². The van der Waals surface area contributed by atoms with Gasteiger partial charge >= 0.3 is 7.12 Å². The molecule has 3 nitrogen and oxygen atoms in total. The Morgan fingerprint density at radius 1 is 0.327 bits per heavy atom. The molecule has 1 heterocycles. The molecule has 8 rings (SSSR count). The summed E-state index contributed by atoms with van der Waals surface area (Å²) in [5.41, 5.74) is 13.0. The molecule has 0 unspecified atom stereocenters. The number of anilines is 3. The van der Waals surface area contributed by atoms with Gasteiger partial charge < -0.3 is 14.2 Å². The second-order valence-corrected chi connectivity index (χ2v) is 14.5. The molecule has 0 spiro atoms. The molecular weight excluding hydrogens is 633 g/mol. The summed E-state index contributed by atoms with van der Waals surface area (Å²) in [5.74, 6) is 0. The van der Waals surface area contributed by atoms with Crippen LogP contribution in [0.3, 0.4) is 0 Å². The molecule has 0 aromatic heterocycles. The lowest BCUT2D eigenvalue weighted by Gasteiger charge is -2.32. The van der Waals surface area contributed by atoms with Gasteiger partial charge in [-0.25, -0.2) is 0 Å². The van der Waals surface area contributed by atoms with Gasteiger partial charge in [-0.1, -0.05) is 146 Å². The molecule has 1 saturated heterocycles. The third-order valence-corrected chi connectivity index (χ3v) is 10.6. The van der Waals surface area contributed by atoms with E-state index in [1.54, 1.807) is 0 Å². The summed E-state index contributed by atoms with van der Waals surface area (Å²) in [6, 6.07) is 64.8. The van der Waals surface area contributed by atoms with Gasteiger partial charge in [-0.2, -0.15) is 0 Å². The lowest BCUT2D eigenvalue weighted by Crippen LogP contribution is -2.41. The minimum atomic E-state index is -0.410. The lowest BCUT2D eigenvalue weighted by molar-refractivity contribution is 0.00578. The van der Waals surface area contributed by atoms with Gasteiger partial charge in [-0.3, -0.25) is 0 Å². The van der Waals surface area contributed by atoms with Gasteiger partial charge in [-0.15, -0.1) is 0 Å². The summed E-state index contributed by atoms with van der Waals surface area (Å²) in [4.78, 5) is 2.30. The van der Waals surface area contributed by atoms with Crippen LogP contribution in [-0.4, -0.2) is 18.3 Å². The summed E-state index contributed by atoms with van der Waals surface area (Å²) in [5, 5.41) is 0. The summed E-state index contributed by atoms with van der Waals surface area (Å²) in [7, 11) is -0.410. The average Bonchev–Trinajstić information content (AvgIpc) is 3.42. The monoisotopic (exact) mass is 675 g/mol. The van der Waals surface area contributed by atoms with Crippen molar-refractivity contribution in [2.24, 2.45) is 0 Å². The number of rotatable bonds is 8. The Morgan fingerprint density at radius 2 is 0.577 bits per heavy atom. The summed E-state index contributed by atoms with van der Waals surface area (Å²) in [6.45, 7) is 8.36. The van der Waals surface area contributed by atoms with Crippen molar-refractivity contribution in [3.05, 3.63) is 182 Å². The van der Waals surface area contributed by atoms with Crippen molar-refractivity contribution in [1.82, 2.24) is 0 Å². The summed E-state index contributed by atoms with van der Waals surface area (Å²) >= 11 is 0. The van der Waals surface area contributed by atoms with Crippen LogP contribution in [0.2, 0.25) is 0 Å². The van der Waals surface area contributed by atoms with E-state index in [0.717, 1.165) is 22.5 Å². The minimum Gasteiger partial charge on any atom is -0.399 e. The van der Waals surface area contributed by atoms with Crippen molar-refractivity contribution in [1.29, 1.82) is 0 Å². The van der Waals surface area contributed by atoms with Crippen molar-refractivity contribution in [2.75, 3.05) is 4.90 Å². The molecule has 0 aliphatic carbocycles. The van der Waals surface area contributed by atoms with Crippen LogP contribution >= 0.6 is 0 Å². The van der Waals surface area contributed by atoms with Gasteiger partial charge in [0.05, 0.1) is 11.2 Å². The van der Waals surface area contributed by atoms with Crippen molar-refractivity contribution < 1.29 is 9.31 Å². The van der Waals surface area contributed by atoms with E-state index >= 15 is 0 Å². The van der Waals surface area contributed by atoms with E-state index < -0.39 is 18.3 Å². The molecule has 0 saturated carbocycles. The van der Waals surface area contributed by atoms with Crippen molar-refractivity contribution >= 4 is 29.6 Å². The number of benzene rings is 7. The molecule has 1 aliphatic heterocycles. The molecule has 7 aromatic carbocycles. The van der Waals surface area contributed by atoms with E-state index in [0.29, 0.717) is 0 Å². The van der Waals surface area contributed by atoms with Gasteiger partial charge in [0.1, 0.15) is 0 Å². The van der Waals surface area contributed by atoms with Gasteiger partial charge in [0, 0.05) is 17.1 Å². The van der Waals surface area contributed by atoms with Gasteiger partial charge in [0.15, 0.2) is 0 Å². The first-order valence-electron chi connectivity index (χ1n) is 18.0. The zero-order chi connectivity index (χ0) is 35.7. The van der Waals surface area contributed by atoms with E-state index in [1.807, 2.05) is 0 Å². The molecule has 4 heteroatoms. The fourth-order valence-corrected chi connectivity index (χ4v) is 6.78. The fourth-order valence-electron chi connectivity index (χ4n) is 6.78. The molecule has 1 fully saturated rings. The molecule has 0 N–H and O–H groups in total. The van der Waals surface area contributed by atoms with E-state index in [2.05, 4.69) is 215 Å². The highest BCUT2D eigenvalue weighted by Gasteiger charge is 2.51. The highest BCUT2D eigenvalue weighted by molar-refractivity contribution is 6.62. The van der Waals surface area contributed by atoms with Crippen LogP contribution in [-0.2, 0) is 9.31 Å². The maximum absolute atomic E-state index is 6.36. The molecule has 0 amide bonds. The molecule has 1 aliphatic rings. The molecular formula is C48H42BNO2. The Labute approximate surface area is 308 Å². The van der Waals surface area contributed by atoms with Crippen LogP contribution in [0.4, 0.5) is 17.1 Å². The Bertz CT molecular complexity index is 2100.